The number of anilines is 1. The predicted molar refractivity (Wildman–Crippen MR) is 107 cm³/mol. The van der Waals surface area contributed by atoms with E-state index in [9.17, 15) is 0 Å². The third kappa shape index (κ3) is 2.56. The summed E-state index contributed by atoms with van der Waals surface area (Å²) in [5, 5.41) is 8.54. The van der Waals surface area contributed by atoms with E-state index in [1.807, 2.05) is 13.8 Å². The number of hydrogen-bond donors (Lipinski definition) is 2. The number of amidine groups is 1. The van der Waals surface area contributed by atoms with E-state index in [0.717, 1.165) is 82.8 Å². The average Bonchev–Trinajstić information content (AvgIpc) is 3.26. The number of H-pyrrole nitrogens is 1. The molecule has 4 heterocycles. The Morgan fingerprint density at radius 3 is 2.68 bits per heavy atom. The molecule has 1 saturated heterocycles. The molecule has 28 heavy (non-hydrogen) atoms. The van der Waals surface area contributed by atoms with Crippen LogP contribution in [0.2, 0.25) is 0 Å². The predicted octanol–water partition coefficient (Wildman–Crippen LogP) is 2.91. The van der Waals surface area contributed by atoms with Gasteiger partial charge in [0, 0.05) is 29.6 Å². The standard InChI is InChI=1S/C20H23N5O3/c1-11-17(12(2)28-24-11)14-8-15-13(9-16(14)26-3)18-19(23-15)21-10-22-20(18)25-4-6-27-7-5-25/h8-9,21,23H,4-7,10H2,1-3H3. The van der Waals surface area contributed by atoms with Gasteiger partial charge < -0.3 is 29.2 Å². The van der Waals surface area contributed by atoms with Crippen LogP contribution in [-0.4, -0.2) is 61.0 Å². The van der Waals surface area contributed by atoms with Crippen LogP contribution >= 0.6 is 0 Å². The van der Waals surface area contributed by atoms with Gasteiger partial charge in [0.2, 0.25) is 0 Å². The molecule has 1 fully saturated rings. The van der Waals surface area contributed by atoms with Crippen LogP contribution in [0, 0.1) is 13.8 Å². The van der Waals surface area contributed by atoms with E-state index in [1.54, 1.807) is 7.11 Å². The minimum atomic E-state index is 0.556. The lowest BCUT2D eigenvalue weighted by molar-refractivity contribution is 0.0682. The van der Waals surface area contributed by atoms with Crippen LogP contribution in [0.15, 0.2) is 21.6 Å². The highest BCUT2D eigenvalue weighted by Gasteiger charge is 2.27. The largest absolute Gasteiger partial charge is 0.496 e. The van der Waals surface area contributed by atoms with E-state index in [-0.39, 0.29) is 0 Å². The van der Waals surface area contributed by atoms with Gasteiger partial charge in [-0.2, -0.15) is 0 Å². The zero-order chi connectivity index (χ0) is 19.3. The lowest BCUT2D eigenvalue weighted by Gasteiger charge is -2.31. The van der Waals surface area contributed by atoms with Crippen molar-refractivity contribution < 1.29 is 14.0 Å². The molecule has 1 aromatic carbocycles. The van der Waals surface area contributed by atoms with Crippen molar-refractivity contribution in [3.63, 3.8) is 0 Å². The van der Waals surface area contributed by atoms with Crippen LogP contribution in [0.25, 0.3) is 22.0 Å². The highest BCUT2D eigenvalue weighted by atomic mass is 16.5. The smallest absolute Gasteiger partial charge is 0.141 e. The molecule has 2 N–H and O–H groups in total. The third-order valence-corrected chi connectivity index (χ3v) is 5.44. The quantitative estimate of drug-likeness (QED) is 0.710. The van der Waals surface area contributed by atoms with Crippen molar-refractivity contribution in [3.8, 4) is 16.9 Å². The van der Waals surface area contributed by atoms with Crippen molar-refractivity contribution >= 4 is 22.6 Å². The molecule has 0 saturated carbocycles. The fourth-order valence-electron chi connectivity index (χ4n) is 4.12. The number of hydrogen-bond acceptors (Lipinski definition) is 7. The molecule has 146 valence electrons. The molecule has 2 aliphatic heterocycles. The maximum atomic E-state index is 5.75. The van der Waals surface area contributed by atoms with Gasteiger partial charge in [0.15, 0.2) is 0 Å². The Bertz CT molecular complexity index is 1060. The molecule has 8 heteroatoms. The van der Waals surface area contributed by atoms with Gasteiger partial charge in [0.1, 0.15) is 29.8 Å². The number of aromatic amines is 1. The highest BCUT2D eigenvalue weighted by Crippen LogP contribution is 2.40. The zero-order valence-corrected chi connectivity index (χ0v) is 16.3. The second-order valence-corrected chi connectivity index (χ2v) is 7.09. The zero-order valence-electron chi connectivity index (χ0n) is 16.3. The molecule has 0 bridgehead atoms. The Hall–Kier alpha value is -3.00. The van der Waals surface area contributed by atoms with E-state index < -0.39 is 0 Å². The lowest BCUT2D eigenvalue weighted by Crippen LogP contribution is -2.42. The number of methoxy groups -OCH3 is 1. The first-order chi connectivity index (χ1) is 13.7. The average molecular weight is 381 g/mol. The summed E-state index contributed by atoms with van der Waals surface area (Å²) in [7, 11) is 1.69. The number of benzene rings is 1. The first-order valence-corrected chi connectivity index (χ1v) is 9.45. The van der Waals surface area contributed by atoms with Gasteiger partial charge in [0.05, 0.1) is 37.1 Å². The number of nitrogens with zero attached hydrogens (tertiary/aromatic N) is 3. The summed E-state index contributed by atoms with van der Waals surface area (Å²) < 4.78 is 16.6. The van der Waals surface area contributed by atoms with E-state index in [2.05, 4.69) is 32.5 Å². The number of fused-ring (bicyclic) bond motifs is 3. The number of morpholine rings is 1. The van der Waals surface area contributed by atoms with Crippen LogP contribution in [0.1, 0.15) is 17.0 Å². The van der Waals surface area contributed by atoms with Crippen LogP contribution in [0.5, 0.6) is 5.75 Å². The maximum absolute atomic E-state index is 5.75. The molecule has 3 aromatic rings. The van der Waals surface area contributed by atoms with Gasteiger partial charge >= 0.3 is 0 Å². The van der Waals surface area contributed by atoms with Crippen LogP contribution < -0.4 is 10.1 Å². The van der Waals surface area contributed by atoms with E-state index >= 15 is 0 Å². The number of rotatable bonds is 2. The lowest BCUT2D eigenvalue weighted by atomic mass is 10.00. The number of aryl methyl sites for hydroxylation is 2. The van der Waals surface area contributed by atoms with Gasteiger partial charge in [-0.15, -0.1) is 0 Å². The Morgan fingerprint density at radius 1 is 1.14 bits per heavy atom. The van der Waals surface area contributed by atoms with Crippen molar-refractivity contribution in [1.29, 1.82) is 0 Å². The van der Waals surface area contributed by atoms with Crippen LogP contribution in [-0.2, 0) is 4.74 Å². The fourth-order valence-corrected chi connectivity index (χ4v) is 4.12. The summed E-state index contributed by atoms with van der Waals surface area (Å²) in [4.78, 5) is 10.6. The Balaban J connectivity index is 1.69. The van der Waals surface area contributed by atoms with Gasteiger partial charge in [-0.3, -0.25) is 0 Å². The van der Waals surface area contributed by atoms with Crippen molar-refractivity contribution in [1.82, 2.24) is 15.0 Å². The molecule has 2 aromatic heterocycles. The number of nitrogens with one attached hydrogen (secondary N) is 2. The van der Waals surface area contributed by atoms with Gasteiger partial charge in [-0.25, -0.2) is 4.99 Å². The Kier molecular flexibility index (Phi) is 4.01. The van der Waals surface area contributed by atoms with Crippen molar-refractivity contribution in [2.75, 3.05) is 45.4 Å². The molecule has 0 aliphatic carbocycles. The Labute approximate surface area is 162 Å². The maximum Gasteiger partial charge on any atom is 0.141 e. The van der Waals surface area contributed by atoms with Gasteiger partial charge in [-0.05, 0) is 26.0 Å². The summed E-state index contributed by atoms with van der Waals surface area (Å²) in [5.41, 5.74) is 4.90. The second-order valence-electron chi connectivity index (χ2n) is 7.09. The minimum absolute atomic E-state index is 0.556. The highest BCUT2D eigenvalue weighted by molar-refractivity contribution is 6.15. The van der Waals surface area contributed by atoms with Gasteiger partial charge in [-0.1, -0.05) is 5.16 Å². The molecule has 0 unspecified atom stereocenters. The van der Waals surface area contributed by atoms with Crippen LogP contribution in [0.4, 0.5) is 5.82 Å². The molecule has 0 radical (unpaired) electrons. The minimum Gasteiger partial charge on any atom is -0.496 e. The summed E-state index contributed by atoms with van der Waals surface area (Å²) in [6, 6.07) is 4.19. The normalized spacial score (nSPS) is 16.7. The molecular weight excluding hydrogens is 358 g/mol. The van der Waals surface area contributed by atoms with Gasteiger partial charge in [0.25, 0.3) is 0 Å². The summed E-state index contributed by atoms with van der Waals surface area (Å²) in [6.07, 6.45) is 0. The summed E-state index contributed by atoms with van der Waals surface area (Å²) >= 11 is 0. The van der Waals surface area contributed by atoms with Crippen LogP contribution in [0.3, 0.4) is 0 Å². The van der Waals surface area contributed by atoms with E-state index in [4.69, 9.17) is 19.0 Å². The molecule has 8 nitrogen and oxygen atoms in total. The van der Waals surface area contributed by atoms with E-state index in [0.29, 0.717) is 6.67 Å². The SMILES string of the molecule is COc1cc2c3c([nH]c2cc1-c1c(C)noc1C)NCN=C3N1CCOCC1. The Morgan fingerprint density at radius 2 is 1.96 bits per heavy atom. The first-order valence-electron chi connectivity index (χ1n) is 9.45. The van der Waals surface area contributed by atoms with E-state index in [1.165, 1.54) is 0 Å². The fraction of sp³-hybridized carbons (Fsp3) is 0.400. The third-order valence-electron chi connectivity index (χ3n) is 5.44. The number of aromatic nitrogens is 2. The van der Waals surface area contributed by atoms with Crippen molar-refractivity contribution in [3.05, 3.63) is 29.2 Å². The monoisotopic (exact) mass is 381 g/mol. The first kappa shape index (κ1) is 17.1. The molecule has 0 spiro atoms. The molecular formula is C20H23N5O3. The molecule has 0 amide bonds. The second kappa shape index (κ2) is 6.56. The molecule has 5 rings (SSSR count). The van der Waals surface area contributed by atoms with Crippen molar-refractivity contribution in [2.24, 2.45) is 4.99 Å². The number of ether oxygens (including phenoxy) is 2. The summed E-state index contributed by atoms with van der Waals surface area (Å²) in [6.45, 7) is 7.57. The van der Waals surface area contributed by atoms with Crippen molar-refractivity contribution in [2.45, 2.75) is 13.8 Å². The summed E-state index contributed by atoms with van der Waals surface area (Å²) in [5.74, 6) is 3.57. The molecule has 2 aliphatic rings. The number of aliphatic imine (C=N–C) groups is 1. The molecule has 0 atom stereocenters. The topological polar surface area (TPSA) is 87.9 Å².